The van der Waals surface area contributed by atoms with Crippen LogP contribution in [0.15, 0.2) is 54.6 Å². The normalized spacial score (nSPS) is 10.7. The maximum atomic E-state index is 5.76. The first-order valence-corrected chi connectivity index (χ1v) is 7.44. The standard InChI is InChI=1S/C17H14N6O/c1-11-18-16(23-22-11)20-15-13-9-5-6-10-14(13)19-17(21-15)24-12-7-3-2-4-8-12/h2-10H,1H3,(H2,18,19,20,21,22,23). The number of H-pyrrole nitrogens is 1. The number of aromatic nitrogens is 5. The van der Waals surface area contributed by atoms with E-state index in [0.29, 0.717) is 17.5 Å². The van der Waals surface area contributed by atoms with Crippen LogP contribution in [0.2, 0.25) is 0 Å². The summed E-state index contributed by atoms with van der Waals surface area (Å²) in [6.07, 6.45) is 0. The summed E-state index contributed by atoms with van der Waals surface area (Å²) in [5.41, 5.74) is 0.771. The minimum absolute atomic E-state index is 0.259. The van der Waals surface area contributed by atoms with E-state index in [1.54, 1.807) is 0 Å². The Morgan fingerprint density at radius 1 is 0.917 bits per heavy atom. The smallest absolute Gasteiger partial charge is 0.324 e. The van der Waals surface area contributed by atoms with Crippen molar-refractivity contribution in [2.24, 2.45) is 0 Å². The third-order valence-corrected chi connectivity index (χ3v) is 3.36. The van der Waals surface area contributed by atoms with Gasteiger partial charge in [0.25, 0.3) is 0 Å². The zero-order valence-corrected chi connectivity index (χ0v) is 12.9. The Labute approximate surface area is 137 Å². The Morgan fingerprint density at radius 2 is 1.71 bits per heavy atom. The third kappa shape index (κ3) is 2.87. The van der Waals surface area contributed by atoms with Gasteiger partial charge in [-0.3, -0.25) is 5.10 Å². The molecule has 0 saturated carbocycles. The fourth-order valence-electron chi connectivity index (χ4n) is 2.29. The molecule has 0 bridgehead atoms. The number of nitrogens with one attached hydrogen (secondary N) is 2. The van der Waals surface area contributed by atoms with Crippen molar-refractivity contribution in [2.45, 2.75) is 6.92 Å². The second-order valence-corrected chi connectivity index (χ2v) is 5.16. The number of hydrogen-bond acceptors (Lipinski definition) is 6. The van der Waals surface area contributed by atoms with Crippen molar-refractivity contribution in [2.75, 3.05) is 5.32 Å². The van der Waals surface area contributed by atoms with Crippen molar-refractivity contribution >= 4 is 22.7 Å². The van der Waals surface area contributed by atoms with Crippen molar-refractivity contribution in [1.29, 1.82) is 0 Å². The molecule has 24 heavy (non-hydrogen) atoms. The van der Waals surface area contributed by atoms with E-state index in [1.807, 2.05) is 61.5 Å². The molecule has 7 heteroatoms. The van der Waals surface area contributed by atoms with Crippen molar-refractivity contribution in [3.05, 3.63) is 60.4 Å². The molecule has 0 unspecified atom stereocenters. The highest BCUT2D eigenvalue weighted by molar-refractivity contribution is 5.90. The predicted octanol–water partition coefficient (Wildman–Crippen LogP) is 3.59. The summed E-state index contributed by atoms with van der Waals surface area (Å²) in [6, 6.07) is 17.4. The number of para-hydroxylation sites is 2. The highest BCUT2D eigenvalue weighted by Crippen LogP contribution is 2.26. The van der Waals surface area contributed by atoms with Gasteiger partial charge >= 0.3 is 6.01 Å². The second kappa shape index (κ2) is 5.96. The highest BCUT2D eigenvalue weighted by atomic mass is 16.5. The first-order valence-electron chi connectivity index (χ1n) is 7.44. The average molecular weight is 318 g/mol. The number of rotatable bonds is 4. The van der Waals surface area contributed by atoms with E-state index in [-0.39, 0.29) is 6.01 Å². The Bertz CT molecular complexity index is 983. The number of hydrogen-bond donors (Lipinski definition) is 2. The molecule has 0 aliphatic rings. The van der Waals surface area contributed by atoms with Crippen LogP contribution in [0.25, 0.3) is 10.9 Å². The minimum atomic E-state index is 0.259. The van der Waals surface area contributed by atoms with Crippen LogP contribution >= 0.6 is 0 Å². The number of aromatic amines is 1. The Kier molecular flexibility index (Phi) is 3.51. The van der Waals surface area contributed by atoms with Crippen LogP contribution in [0, 0.1) is 6.92 Å². The van der Waals surface area contributed by atoms with Crippen molar-refractivity contribution in [3.63, 3.8) is 0 Å². The molecule has 118 valence electrons. The summed E-state index contributed by atoms with van der Waals surface area (Å²) in [5, 5.41) is 10.8. The number of anilines is 2. The summed E-state index contributed by atoms with van der Waals surface area (Å²) in [5.74, 6) is 2.43. The summed E-state index contributed by atoms with van der Waals surface area (Å²) in [6.45, 7) is 1.83. The molecule has 0 aliphatic carbocycles. The third-order valence-electron chi connectivity index (χ3n) is 3.36. The van der Waals surface area contributed by atoms with Crippen molar-refractivity contribution in [3.8, 4) is 11.8 Å². The molecule has 0 fully saturated rings. The number of ether oxygens (including phenoxy) is 1. The Hall–Kier alpha value is -3.48. The Balaban J connectivity index is 1.75. The van der Waals surface area contributed by atoms with E-state index < -0.39 is 0 Å². The molecular formula is C17H14N6O. The maximum Gasteiger partial charge on any atom is 0.324 e. The largest absolute Gasteiger partial charge is 0.424 e. The van der Waals surface area contributed by atoms with E-state index in [1.165, 1.54) is 0 Å². The van der Waals surface area contributed by atoms with E-state index in [4.69, 9.17) is 4.74 Å². The lowest BCUT2D eigenvalue weighted by Gasteiger charge is -2.09. The van der Waals surface area contributed by atoms with E-state index in [0.717, 1.165) is 16.7 Å². The summed E-state index contributed by atoms with van der Waals surface area (Å²) < 4.78 is 5.76. The van der Waals surface area contributed by atoms with Crippen LogP contribution in [0.5, 0.6) is 11.8 Å². The summed E-state index contributed by atoms with van der Waals surface area (Å²) in [4.78, 5) is 13.2. The van der Waals surface area contributed by atoms with Crippen LogP contribution < -0.4 is 10.1 Å². The first kappa shape index (κ1) is 14.1. The van der Waals surface area contributed by atoms with E-state index >= 15 is 0 Å². The number of aryl methyl sites for hydroxylation is 1. The quantitative estimate of drug-likeness (QED) is 0.598. The van der Waals surface area contributed by atoms with Gasteiger partial charge in [-0.25, -0.2) is 0 Å². The molecular weight excluding hydrogens is 304 g/mol. The van der Waals surface area contributed by atoms with Gasteiger partial charge in [0.1, 0.15) is 17.4 Å². The molecule has 4 rings (SSSR count). The van der Waals surface area contributed by atoms with E-state index in [9.17, 15) is 0 Å². The molecule has 0 atom stereocenters. The second-order valence-electron chi connectivity index (χ2n) is 5.16. The molecule has 2 N–H and O–H groups in total. The van der Waals surface area contributed by atoms with Crippen LogP contribution in [-0.2, 0) is 0 Å². The van der Waals surface area contributed by atoms with Gasteiger partial charge in [0.15, 0.2) is 0 Å². The average Bonchev–Trinajstić information content (AvgIpc) is 3.01. The van der Waals surface area contributed by atoms with Gasteiger partial charge in [0, 0.05) is 5.39 Å². The topological polar surface area (TPSA) is 88.6 Å². The molecule has 0 amide bonds. The Morgan fingerprint density at radius 3 is 2.50 bits per heavy atom. The summed E-state index contributed by atoms with van der Waals surface area (Å²) >= 11 is 0. The summed E-state index contributed by atoms with van der Waals surface area (Å²) in [7, 11) is 0. The zero-order chi connectivity index (χ0) is 16.4. The van der Waals surface area contributed by atoms with Crippen molar-refractivity contribution in [1.82, 2.24) is 25.1 Å². The number of benzene rings is 2. The molecule has 0 radical (unpaired) electrons. The van der Waals surface area contributed by atoms with Gasteiger partial charge in [-0.1, -0.05) is 30.3 Å². The molecule has 0 saturated heterocycles. The van der Waals surface area contributed by atoms with Crippen LogP contribution in [-0.4, -0.2) is 25.1 Å². The van der Waals surface area contributed by atoms with Gasteiger partial charge in [-0.05, 0) is 31.2 Å². The maximum absolute atomic E-state index is 5.76. The molecule has 0 spiro atoms. The lowest BCUT2D eigenvalue weighted by Crippen LogP contribution is -2.00. The molecule has 2 heterocycles. The van der Waals surface area contributed by atoms with Crippen LogP contribution in [0.4, 0.5) is 11.8 Å². The molecule has 4 aromatic rings. The van der Waals surface area contributed by atoms with Gasteiger partial charge < -0.3 is 10.1 Å². The fraction of sp³-hybridized carbons (Fsp3) is 0.0588. The van der Waals surface area contributed by atoms with Crippen LogP contribution in [0.1, 0.15) is 5.82 Å². The minimum Gasteiger partial charge on any atom is -0.424 e. The van der Waals surface area contributed by atoms with Gasteiger partial charge in [0.05, 0.1) is 5.52 Å². The van der Waals surface area contributed by atoms with Crippen LogP contribution in [0.3, 0.4) is 0 Å². The van der Waals surface area contributed by atoms with Gasteiger partial charge in [-0.2, -0.15) is 15.0 Å². The molecule has 0 aliphatic heterocycles. The number of fused-ring (bicyclic) bond motifs is 1. The first-order chi connectivity index (χ1) is 11.8. The number of nitrogens with zero attached hydrogens (tertiary/aromatic N) is 4. The lowest BCUT2D eigenvalue weighted by molar-refractivity contribution is 0.445. The monoisotopic (exact) mass is 318 g/mol. The SMILES string of the molecule is Cc1nc(Nc2nc(Oc3ccccc3)nc3ccccc23)n[nH]1. The zero-order valence-electron chi connectivity index (χ0n) is 12.9. The lowest BCUT2D eigenvalue weighted by atomic mass is 10.2. The molecule has 7 nitrogen and oxygen atoms in total. The van der Waals surface area contributed by atoms with Gasteiger partial charge in [0.2, 0.25) is 5.95 Å². The van der Waals surface area contributed by atoms with Gasteiger partial charge in [-0.15, -0.1) is 5.10 Å². The highest BCUT2D eigenvalue weighted by Gasteiger charge is 2.11. The molecule has 2 aromatic carbocycles. The predicted molar refractivity (Wildman–Crippen MR) is 90.5 cm³/mol. The fourth-order valence-corrected chi connectivity index (χ4v) is 2.29. The van der Waals surface area contributed by atoms with Crippen molar-refractivity contribution < 1.29 is 4.74 Å². The van der Waals surface area contributed by atoms with E-state index in [2.05, 4.69) is 30.5 Å². The molecule has 2 aromatic heterocycles.